The molecule has 0 unspecified atom stereocenters. The molecule has 2 nitrogen and oxygen atoms in total. The zero-order valence-corrected chi connectivity index (χ0v) is 11.8. The van der Waals surface area contributed by atoms with Gasteiger partial charge >= 0.3 is 107 Å². The zero-order chi connectivity index (χ0) is 12.3. The first-order valence-corrected chi connectivity index (χ1v) is 7.55. The van der Waals surface area contributed by atoms with Gasteiger partial charge in [0.1, 0.15) is 0 Å². The van der Waals surface area contributed by atoms with Crippen molar-refractivity contribution in [3.05, 3.63) is 30.3 Å². The van der Waals surface area contributed by atoms with Crippen LogP contribution in [0.25, 0.3) is 0 Å². The summed E-state index contributed by atoms with van der Waals surface area (Å²) in [5.41, 5.74) is 0. The number of ether oxygens (including phenoxy) is 2. The van der Waals surface area contributed by atoms with E-state index in [4.69, 9.17) is 9.47 Å². The van der Waals surface area contributed by atoms with Crippen LogP contribution in [0.15, 0.2) is 30.3 Å². The van der Waals surface area contributed by atoms with Gasteiger partial charge in [0.2, 0.25) is 0 Å². The van der Waals surface area contributed by atoms with E-state index in [-0.39, 0.29) is 26.4 Å². The first-order chi connectivity index (χ1) is 8.07. The number of benzene rings is 1. The van der Waals surface area contributed by atoms with E-state index in [1.807, 2.05) is 44.2 Å². The molecule has 2 rings (SSSR count). The van der Waals surface area contributed by atoms with Crippen LogP contribution in [0.5, 0.6) is 0 Å². The molecule has 1 aliphatic rings. The summed E-state index contributed by atoms with van der Waals surface area (Å²) in [6.45, 7) is 4.23. The molecule has 1 aliphatic heterocycles. The molecule has 1 heterocycles. The van der Waals surface area contributed by atoms with Crippen LogP contribution < -0.4 is 4.46 Å². The molecule has 17 heavy (non-hydrogen) atoms. The molecule has 0 spiro atoms. The predicted molar refractivity (Wildman–Crippen MR) is 66.5 cm³/mol. The van der Waals surface area contributed by atoms with Gasteiger partial charge in [0.05, 0.1) is 0 Å². The van der Waals surface area contributed by atoms with Gasteiger partial charge in [-0.2, -0.15) is 0 Å². The minimum absolute atomic E-state index is 0.0633. The van der Waals surface area contributed by atoms with Gasteiger partial charge in [0.15, 0.2) is 0 Å². The van der Waals surface area contributed by atoms with E-state index in [1.165, 1.54) is 4.46 Å². The minimum atomic E-state index is -0.933. The molecule has 1 aromatic rings. The molecule has 0 radical (unpaired) electrons. The summed E-state index contributed by atoms with van der Waals surface area (Å²) in [7, 11) is 0. The summed E-state index contributed by atoms with van der Waals surface area (Å²) >= 11 is 0.0878. The van der Waals surface area contributed by atoms with Gasteiger partial charge in [0.25, 0.3) is 0 Å². The SMILES string of the molecule is CC1(C)OC[C@@H](F)[C@H]([Se]c2ccccc2)CO1. The van der Waals surface area contributed by atoms with Gasteiger partial charge < -0.3 is 0 Å². The van der Waals surface area contributed by atoms with Gasteiger partial charge in [-0.3, -0.25) is 0 Å². The Kier molecular flexibility index (Phi) is 4.21. The van der Waals surface area contributed by atoms with E-state index in [0.29, 0.717) is 6.61 Å². The van der Waals surface area contributed by atoms with Gasteiger partial charge in [-0.15, -0.1) is 0 Å². The summed E-state index contributed by atoms with van der Waals surface area (Å²) < 4.78 is 26.1. The van der Waals surface area contributed by atoms with Gasteiger partial charge in [-0.1, -0.05) is 0 Å². The molecule has 1 aromatic carbocycles. The van der Waals surface area contributed by atoms with Crippen molar-refractivity contribution in [2.24, 2.45) is 0 Å². The monoisotopic (exact) mass is 304 g/mol. The van der Waals surface area contributed by atoms with Crippen LogP contribution in [0.3, 0.4) is 0 Å². The Balaban J connectivity index is 2.01. The Morgan fingerprint density at radius 1 is 1.18 bits per heavy atom. The Bertz CT molecular complexity index is 356. The molecule has 0 amide bonds. The fourth-order valence-corrected chi connectivity index (χ4v) is 3.75. The zero-order valence-electron chi connectivity index (χ0n) is 10.1. The maximum absolute atomic E-state index is 13.9. The summed E-state index contributed by atoms with van der Waals surface area (Å²) in [4.78, 5) is -0.0633. The molecule has 1 fully saturated rings. The Morgan fingerprint density at radius 3 is 2.53 bits per heavy atom. The number of rotatable bonds is 2. The van der Waals surface area contributed by atoms with Gasteiger partial charge in [-0.05, 0) is 0 Å². The second-order valence-corrected chi connectivity index (χ2v) is 7.26. The molecule has 4 heteroatoms. The molecule has 2 atom stereocenters. The van der Waals surface area contributed by atoms with Crippen LogP contribution in [0.2, 0.25) is 4.82 Å². The van der Waals surface area contributed by atoms with E-state index in [9.17, 15) is 4.39 Å². The summed E-state index contributed by atoms with van der Waals surface area (Å²) in [6, 6.07) is 10.0. The number of halogens is 1. The molecule has 0 bridgehead atoms. The van der Waals surface area contributed by atoms with E-state index >= 15 is 0 Å². The average molecular weight is 303 g/mol. The first-order valence-electron chi connectivity index (χ1n) is 5.70. The van der Waals surface area contributed by atoms with Gasteiger partial charge in [0, 0.05) is 0 Å². The number of hydrogen-bond donors (Lipinski definition) is 0. The Hall–Kier alpha value is -0.411. The Labute approximate surface area is 108 Å². The summed E-state index contributed by atoms with van der Waals surface area (Å²) in [5, 5.41) is 0. The van der Waals surface area contributed by atoms with Crippen molar-refractivity contribution in [1.29, 1.82) is 0 Å². The van der Waals surface area contributed by atoms with Crippen molar-refractivity contribution in [1.82, 2.24) is 0 Å². The third-order valence-electron chi connectivity index (χ3n) is 2.62. The number of alkyl halides is 1. The Morgan fingerprint density at radius 2 is 1.82 bits per heavy atom. The molecular formula is C13H17FO2Se. The molecule has 0 aromatic heterocycles. The van der Waals surface area contributed by atoms with E-state index in [2.05, 4.69) is 0 Å². The van der Waals surface area contributed by atoms with Crippen molar-refractivity contribution < 1.29 is 13.9 Å². The molecule has 0 aliphatic carbocycles. The molecule has 0 N–H and O–H groups in total. The van der Waals surface area contributed by atoms with Crippen molar-refractivity contribution in [3.63, 3.8) is 0 Å². The van der Waals surface area contributed by atoms with Crippen molar-refractivity contribution >= 4 is 19.4 Å². The molecule has 0 saturated carbocycles. The predicted octanol–water partition coefficient (Wildman–Crippen LogP) is 1.93. The van der Waals surface area contributed by atoms with E-state index in [1.54, 1.807) is 0 Å². The quantitative estimate of drug-likeness (QED) is 0.777. The van der Waals surface area contributed by atoms with E-state index < -0.39 is 12.0 Å². The van der Waals surface area contributed by atoms with Crippen molar-refractivity contribution in [3.8, 4) is 0 Å². The van der Waals surface area contributed by atoms with Crippen LogP contribution in [-0.2, 0) is 9.47 Å². The van der Waals surface area contributed by atoms with Crippen LogP contribution >= 0.6 is 0 Å². The van der Waals surface area contributed by atoms with Crippen LogP contribution in [0.4, 0.5) is 4.39 Å². The fourth-order valence-electron chi connectivity index (χ4n) is 1.60. The maximum atomic E-state index is 13.9. The summed E-state index contributed by atoms with van der Waals surface area (Å²) in [6.07, 6.45) is -0.933. The molecule has 1 saturated heterocycles. The van der Waals surface area contributed by atoms with E-state index in [0.717, 1.165) is 0 Å². The molecule has 94 valence electrons. The number of hydrogen-bond acceptors (Lipinski definition) is 2. The second-order valence-electron chi connectivity index (χ2n) is 4.51. The van der Waals surface area contributed by atoms with Crippen LogP contribution in [-0.4, -0.2) is 40.1 Å². The van der Waals surface area contributed by atoms with Gasteiger partial charge in [-0.25, -0.2) is 0 Å². The van der Waals surface area contributed by atoms with Crippen LogP contribution in [0.1, 0.15) is 13.8 Å². The fraction of sp³-hybridized carbons (Fsp3) is 0.538. The first kappa shape index (κ1) is 13.0. The second kappa shape index (κ2) is 5.49. The van der Waals surface area contributed by atoms with Crippen molar-refractivity contribution in [2.75, 3.05) is 13.2 Å². The normalized spacial score (nSPS) is 28.6. The standard InChI is InChI=1S/C13H17FO2Se/c1-13(2)15-8-11(14)12(9-16-13)17-10-6-4-3-5-7-10/h3-7,11-12H,8-9H2,1-2H3/t11-,12-/m1/s1. The summed E-state index contributed by atoms with van der Waals surface area (Å²) in [5.74, 6) is -0.661. The third kappa shape index (κ3) is 3.78. The molecular weight excluding hydrogens is 286 g/mol. The topological polar surface area (TPSA) is 18.5 Å². The third-order valence-corrected chi connectivity index (χ3v) is 5.30. The van der Waals surface area contributed by atoms with Crippen LogP contribution in [0, 0.1) is 0 Å². The van der Waals surface area contributed by atoms with Crippen molar-refractivity contribution in [2.45, 2.75) is 30.6 Å². The average Bonchev–Trinajstić information content (AvgIpc) is 2.44.